The van der Waals surface area contributed by atoms with E-state index >= 15 is 0 Å². The number of likely N-dealkylation sites (N-methyl/N-ethyl adjacent to an activating group) is 1. The summed E-state index contributed by atoms with van der Waals surface area (Å²) in [5.41, 5.74) is 1.12. The number of nitrogens with one attached hydrogen (secondary N) is 2. The van der Waals surface area contributed by atoms with Crippen molar-refractivity contribution in [2.24, 2.45) is 4.99 Å². The molecule has 0 aliphatic carbocycles. The van der Waals surface area contributed by atoms with Crippen molar-refractivity contribution in [3.8, 4) is 0 Å². The van der Waals surface area contributed by atoms with E-state index < -0.39 is 0 Å². The van der Waals surface area contributed by atoms with Crippen LogP contribution in [0, 0.1) is 0 Å². The lowest BCUT2D eigenvalue weighted by Gasteiger charge is -2.20. The first kappa shape index (κ1) is 21.4. The summed E-state index contributed by atoms with van der Waals surface area (Å²) < 4.78 is 0. The van der Waals surface area contributed by atoms with Gasteiger partial charge in [-0.3, -0.25) is 4.79 Å². The van der Waals surface area contributed by atoms with Gasteiger partial charge in [-0.2, -0.15) is 0 Å². The lowest BCUT2D eigenvalue weighted by atomic mass is 10.2. The standard InChI is InChI=1S/C17H26N4O.HI/c1-4-12-19-17(18-5-2)20-13-16(22)21(6-3)14-15-10-8-7-9-11-15;/h4,7-11H,1,5-6,12-14H2,2-3H3,(H2,18,19,20);1H. The van der Waals surface area contributed by atoms with Gasteiger partial charge in [0.05, 0.1) is 0 Å². The predicted octanol–water partition coefficient (Wildman–Crippen LogP) is 2.39. The van der Waals surface area contributed by atoms with Crippen LogP contribution < -0.4 is 10.6 Å². The molecule has 0 saturated carbocycles. The first-order valence-corrected chi connectivity index (χ1v) is 7.66. The molecule has 128 valence electrons. The Morgan fingerprint density at radius 3 is 2.52 bits per heavy atom. The van der Waals surface area contributed by atoms with Crippen LogP contribution in [-0.2, 0) is 11.3 Å². The summed E-state index contributed by atoms with van der Waals surface area (Å²) in [7, 11) is 0. The molecule has 0 unspecified atom stereocenters. The third-order valence-electron chi connectivity index (χ3n) is 3.08. The molecule has 1 aromatic rings. The Balaban J connectivity index is 0.00000484. The predicted molar refractivity (Wildman–Crippen MR) is 107 cm³/mol. The van der Waals surface area contributed by atoms with Gasteiger partial charge < -0.3 is 15.5 Å². The number of aliphatic imine (C=N–C) groups is 1. The first-order chi connectivity index (χ1) is 10.7. The number of carbonyl (C=O) groups is 1. The van der Waals surface area contributed by atoms with Crippen molar-refractivity contribution in [1.82, 2.24) is 15.5 Å². The van der Waals surface area contributed by atoms with Gasteiger partial charge >= 0.3 is 0 Å². The van der Waals surface area contributed by atoms with Gasteiger partial charge in [0.25, 0.3) is 0 Å². The lowest BCUT2D eigenvalue weighted by molar-refractivity contribution is -0.130. The Labute approximate surface area is 156 Å². The number of guanidine groups is 1. The number of amides is 1. The summed E-state index contributed by atoms with van der Waals surface area (Å²) in [4.78, 5) is 18.4. The fourth-order valence-electron chi connectivity index (χ4n) is 1.94. The average molecular weight is 430 g/mol. The SMILES string of the molecule is C=CCNC(=NCC(=O)N(CC)Cc1ccccc1)NCC.I. The van der Waals surface area contributed by atoms with E-state index in [4.69, 9.17) is 0 Å². The molecule has 0 radical (unpaired) electrons. The van der Waals surface area contributed by atoms with Gasteiger partial charge in [-0.15, -0.1) is 30.6 Å². The van der Waals surface area contributed by atoms with Gasteiger partial charge in [0.1, 0.15) is 6.54 Å². The van der Waals surface area contributed by atoms with Crippen molar-refractivity contribution < 1.29 is 4.79 Å². The van der Waals surface area contributed by atoms with Crippen LogP contribution in [0.2, 0.25) is 0 Å². The van der Waals surface area contributed by atoms with Gasteiger partial charge in [0, 0.05) is 26.2 Å². The molecule has 5 nitrogen and oxygen atoms in total. The van der Waals surface area contributed by atoms with Gasteiger partial charge in [-0.05, 0) is 19.4 Å². The molecule has 0 atom stereocenters. The molecular formula is C17H27IN4O. The molecule has 0 fully saturated rings. The van der Waals surface area contributed by atoms with E-state index in [1.165, 1.54) is 0 Å². The van der Waals surface area contributed by atoms with Crippen LogP contribution in [0.3, 0.4) is 0 Å². The zero-order chi connectivity index (χ0) is 16.2. The van der Waals surface area contributed by atoms with E-state index in [1.807, 2.05) is 44.2 Å². The highest BCUT2D eigenvalue weighted by Gasteiger charge is 2.11. The Kier molecular flexibility index (Phi) is 12.0. The summed E-state index contributed by atoms with van der Waals surface area (Å²) in [6.07, 6.45) is 1.75. The molecule has 0 heterocycles. The molecule has 0 aliphatic heterocycles. The number of hydrogen-bond acceptors (Lipinski definition) is 2. The second kappa shape index (κ2) is 12.9. The smallest absolute Gasteiger partial charge is 0.244 e. The van der Waals surface area contributed by atoms with Crippen molar-refractivity contribution >= 4 is 35.8 Å². The van der Waals surface area contributed by atoms with Crippen molar-refractivity contribution in [3.63, 3.8) is 0 Å². The molecule has 6 heteroatoms. The highest BCUT2D eigenvalue weighted by Crippen LogP contribution is 2.04. The maximum Gasteiger partial charge on any atom is 0.244 e. The number of halogens is 1. The molecule has 2 N–H and O–H groups in total. The van der Waals surface area contributed by atoms with Crippen molar-refractivity contribution in [2.45, 2.75) is 20.4 Å². The van der Waals surface area contributed by atoms with Crippen LogP contribution in [0.5, 0.6) is 0 Å². The zero-order valence-corrected chi connectivity index (χ0v) is 16.2. The minimum absolute atomic E-state index is 0. The monoisotopic (exact) mass is 430 g/mol. The van der Waals surface area contributed by atoms with Crippen molar-refractivity contribution in [3.05, 3.63) is 48.6 Å². The first-order valence-electron chi connectivity index (χ1n) is 7.66. The van der Waals surface area contributed by atoms with Gasteiger partial charge in [-0.25, -0.2) is 4.99 Å². The molecule has 0 bridgehead atoms. The molecule has 0 aromatic heterocycles. The summed E-state index contributed by atoms with van der Waals surface area (Å²) in [5.74, 6) is 0.647. The maximum absolute atomic E-state index is 12.3. The van der Waals surface area contributed by atoms with Crippen LogP contribution in [0.25, 0.3) is 0 Å². The molecule has 0 aliphatic rings. The number of rotatable bonds is 8. The van der Waals surface area contributed by atoms with Gasteiger partial charge in [0.2, 0.25) is 5.91 Å². The maximum atomic E-state index is 12.3. The van der Waals surface area contributed by atoms with E-state index in [0.717, 1.165) is 12.1 Å². The van der Waals surface area contributed by atoms with Crippen molar-refractivity contribution in [1.29, 1.82) is 0 Å². The Hall–Kier alpha value is -1.57. The molecule has 1 rings (SSSR count). The Morgan fingerprint density at radius 2 is 1.96 bits per heavy atom. The number of carbonyl (C=O) groups excluding carboxylic acids is 1. The summed E-state index contributed by atoms with van der Waals surface area (Å²) in [6, 6.07) is 9.98. The largest absolute Gasteiger partial charge is 0.357 e. The van der Waals surface area contributed by atoms with Crippen LogP contribution >= 0.6 is 24.0 Å². The third kappa shape index (κ3) is 8.59. The fraction of sp³-hybridized carbons (Fsp3) is 0.412. The molecule has 0 spiro atoms. The summed E-state index contributed by atoms with van der Waals surface area (Å²) in [6.45, 7) is 10.4. The molecule has 0 saturated heterocycles. The van der Waals surface area contributed by atoms with Gasteiger partial charge in [0.15, 0.2) is 5.96 Å². The fourth-order valence-corrected chi connectivity index (χ4v) is 1.94. The quantitative estimate of drug-likeness (QED) is 0.288. The molecular weight excluding hydrogens is 403 g/mol. The van der Waals surface area contributed by atoms with Crippen molar-refractivity contribution in [2.75, 3.05) is 26.2 Å². The normalized spacial score (nSPS) is 10.4. The molecule has 23 heavy (non-hydrogen) atoms. The average Bonchev–Trinajstić information content (AvgIpc) is 2.55. The topological polar surface area (TPSA) is 56.7 Å². The minimum atomic E-state index is 0. The third-order valence-corrected chi connectivity index (χ3v) is 3.08. The number of benzene rings is 1. The highest BCUT2D eigenvalue weighted by molar-refractivity contribution is 14.0. The number of nitrogens with zero attached hydrogens (tertiary/aromatic N) is 2. The summed E-state index contributed by atoms with van der Waals surface area (Å²) >= 11 is 0. The van der Waals surface area contributed by atoms with Gasteiger partial charge in [-0.1, -0.05) is 36.4 Å². The second-order valence-electron chi connectivity index (χ2n) is 4.76. The van der Waals surface area contributed by atoms with Crippen LogP contribution in [-0.4, -0.2) is 42.9 Å². The zero-order valence-electron chi connectivity index (χ0n) is 13.9. The lowest BCUT2D eigenvalue weighted by Crippen LogP contribution is -2.39. The van der Waals surface area contributed by atoms with Crippen LogP contribution in [0.4, 0.5) is 0 Å². The van der Waals surface area contributed by atoms with E-state index in [9.17, 15) is 4.79 Å². The van der Waals surface area contributed by atoms with Crippen LogP contribution in [0.15, 0.2) is 48.0 Å². The van der Waals surface area contributed by atoms with E-state index in [2.05, 4.69) is 22.2 Å². The molecule has 1 aromatic carbocycles. The van der Waals surface area contributed by atoms with E-state index in [0.29, 0.717) is 25.6 Å². The minimum Gasteiger partial charge on any atom is -0.357 e. The number of hydrogen-bond donors (Lipinski definition) is 2. The highest BCUT2D eigenvalue weighted by atomic mass is 127. The van der Waals surface area contributed by atoms with Crippen LogP contribution in [0.1, 0.15) is 19.4 Å². The summed E-state index contributed by atoms with van der Waals surface area (Å²) in [5, 5.41) is 6.18. The Bertz CT molecular complexity index is 491. The van der Waals surface area contributed by atoms with E-state index in [-0.39, 0.29) is 36.4 Å². The second-order valence-corrected chi connectivity index (χ2v) is 4.76. The molecule has 1 amide bonds. The Morgan fingerprint density at radius 1 is 1.26 bits per heavy atom. The van der Waals surface area contributed by atoms with E-state index in [1.54, 1.807) is 11.0 Å².